The van der Waals surface area contributed by atoms with E-state index in [1.54, 1.807) is 7.11 Å². The minimum atomic E-state index is -0.0758. The minimum absolute atomic E-state index is 0.0758. The SMILES string of the molecule is COc1ccc(CCCNC(=O)c2c(C)nn(-c3ccc(Br)cc3)c2C)cc1. The molecule has 0 bridgehead atoms. The average molecular weight is 442 g/mol. The Morgan fingerprint density at radius 3 is 2.43 bits per heavy atom. The number of carbonyl (C=O) groups is 1. The predicted molar refractivity (Wildman–Crippen MR) is 114 cm³/mol. The van der Waals surface area contributed by atoms with Crippen LogP contribution in [-0.4, -0.2) is 29.3 Å². The molecule has 0 saturated carbocycles. The summed E-state index contributed by atoms with van der Waals surface area (Å²) in [6.45, 7) is 4.41. The first-order valence-corrected chi connectivity index (χ1v) is 10.0. The van der Waals surface area contributed by atoms with Gasteiger partial charge in [-0.25, -0.2) is 4.68 Å². The molecule has 2 aromatic carbocycles. The number of hydrogen-bond acceptors (Lipinski definition) is 3. The fourth-order valence-electron chi connectivity index (χ4n) is 3.18. The second-order valence-electron chi connectivity index (χ2n) is 6.64. The van der Waals surface area contributed by atoms with Crippen LogP contribution < -0.4 is 10.1 Å². The van der Waals surface area contributed by atoms with E-state index in [4.69, 9.17) is 4.74 Å². The van der Waals surface area contributed by atoms with Crippen molar-refractivity contribution in [3.05, 3.63) is 75.5 Å². The molecule has 0 aliphatic heterocycles. The zero-order chi connectivity index (χ0) is 20.1. The molecule has 1 heterocycles. The number of nitrogens with one attached hydrogen (secondary N) is 1. The lowest BCUT2D eigenvalue weighted by atomic mass is 10.1. The highest BCUT2D eigenvalue weighted by Crippen LogP contribution is 2.20. The first-order valence-electron chi connectivity index (χ1n) is 9.23. The number of aryl methyl sites for hydroxylation is 2. The molecule has 0 fully saturated rings. The van der Waals surface area contributed by atoms with Crippen molar-refractivity contribution in [2.75, 3.05) is 13.7 Å². The van der Waals surface area contributed by atoms with Gasteiger partial charge in [-0.1, -0.05) is 28.1 Å². The molecule has 0 aliphatic rings. The highest BCUT2D eigenvalue weighted by atomic mass is 79.9. The van der Waals surface area contributed by atoms with Gasteiger partial charge in [0.25, 0.3) is 5.91 Å². The van der Waals surface area contributed by atoms with Crippen LogP contribution in [0.1, 0.15) is 33.7 Å². The summed E-state index contributed by atoms with van der Waals surface area (Å²) in [7, 11) is 1.66. The summed E-state index contributed by atoms with van der Waals surface area (Å²) in [5.41, 5.74) is 4.38. The molecule has 28 heavy (non-hydrogen) atoms. The lowest BCUT2D eigenvalue weighted by Crippen LogP contribution is -2.25. The van der Waals surface area contributed by atoms with E-state index in [1.807, 2.05) is 54.9 Å². The average Bonchev–Trinajstić information content (AvgIpc) is 3.00. The van der Waals surface area contributed by atoms with Gasteiger partial charge >= 0.3 is 0 Å². The molecule has 3 rings (SSSR count). The topological polar surface area (TPSA) is 56.1 Å². The number of carbonyl (C=O) groups excluding carboxylic acids is 1. The van der Waals surface area contributed by atoms with Crippen molar-refractivity contribution in [3.8, 4) is 11.4 Å². The van der Waals surface area contributed by atoms with E-state index in [0.29, 0.717) is 12.1 Å². The van der Waals surface area contributed by atoms with Crippen LogP contribution in [0, 0.1) is 13.8 Å². The molecule has 3 aromatic rings. The Morgan fingerprint density at radius 1 is 1.11 bits per heavy atom. The molecule has 0 atom stereocenters. The molecule has 1 aromatic heterocycles. The van der Waals surface area contributed by atoms with E-state index in [0.717, 1.165) is 40.1 Å². The van der Waals surface area contributed by atoms with Gasteiger partial charge in [-0.3, -0.25) is 4.79 Å². The Morgan fingerprint density at radius 2 is 1.79 bits per heavy atom. The second-order valence-corrected chi connectivity index (χ2v) is 7.56. The summed E-state index contributed by atoms with van der Waals surface area (Å²) in [6.07, 6.45) is 1.78. The van der Waals surface area contributed by atoms with E-state index in [9.17, 15) is 4.79 Å². The molecule has 0 aliphatic carbocycles. The monoisotopic (exact) mass is 441 g/mol. The summed E-state index contributed by atoms with van der Waals surface area (Å²) in [5.74, 6) is 0.777. The summed E-state index contributed by atoms with van der Waals surface area (Å²) >= 11 is 3.44. The van der Waals surface area contributed by atoms with E-state index >= 15 is 0 Å². The molecule has 6 heteroatoms. The van der Waals surface area contributed by atoms with Crippen LogP contribution in [0.5, 0.6) is 5.75 Å². The third kappa shape index (κ3) is 4.62. The lowest BCUT2D eigenvalue weighted by Gasteiger charge is -2.08. The highest BCUT2D eigenvalue weighted by Gasteiger charge is 2.19. The Bertz CT molecular complexity index is 947. The molecule has 1 N–H and O–H groups in total. The summed E-state index contributed by atoms with van der Waals surface area (Å²) in [6, 6.07) is 15.9. The largest absolute Gasteiger partial charge is 0.497 e. The van der Waals surface area contributed by atoms with Crippen LogP contribution in [0.2, 0.25) is 0 Å². The maximum atomic E-state index is 12.7. The Labute approximate surface area is 173 Å². The van der Waals surface area contributed by atoms with Crippen molar-refractivity contribution in [2.24, 2.45) is 0 Å². The number of halogens is 1. The van der Waals surface area contributed by atoms with Gasteiger partial charge in [-0.15, -0.1) is 0 Å². The third-order valence-electron chi connectivity index (χ3n) is 4.68. The first-order chi connectivity index (χ1) is 13.5. The van der Waals surface area contributed by atoms with Crippen molar-refractivity contribution in [2.45, 2.75) is 26.7 Å². The number of amides is 1. The zero-order valence-electron chi connectivity index (χ0n) is 16.3. The van der Waals surface area contributed by atoms with E-state index in [-0.39, 0.29) is 5.91 Å². The molecule has 5 nitrogen and oxygen atoms in total. The Balaban J connectivity index is 1.60. The van der Waals surface area contributed by atoms with E-state index in [2.05, 4.69) is 38.5 Å². The van der Waals surface area contributed by atoms with Gasteiger partial charge in [-0.2, -0.15) is 5.10 Å². The van der Waals surface area contributed by atoms with Crippen molar-refractivity contribution in [3.63, 3.8) is 0 Å². The van der Waals surface area contributed by atoms with Gasteiger partial charge in [0.15, 0.2) is 0 Å². The highest BCUT2D eigenvalue weighted by molar-refractivity contribution is 9.10. The fraction of sp³-hybridized carbons (Fsp3) is 0.273. The predicted octanol–water partition coefficient (Wildman–Crippen LogP) is 4.62. The molecule has 1 amide bonds. The van der Waals surface area contributed by atoms with E-state index in [1.165, 1.54) is 5.56 Å². The van der Waals surface area contributed by atoms with Crippen molar-refractivity contribution < 1.29 is 9.53 Å². The quantitative estimate of drug-likeness (QED) is 0.544. The molecular weight excluding hydrogens is 418 g/mol. The van der Waals surface area contributed by atoms with Gasteiger partial charge in [0.2, 0.25) is 0 Å². The fourth-order valence-corrected chi connectivity index (χ4v) is 3.44. The normalized spacial score (nSPS) is 10.7. The van der Waals surface area contributed by atoms with Crippen LogP contribution in [0.3, 0.4) is 0 Å². The van der Waals surface area contributed by atoms with Gasteiger partial charge < -0.3 is 10.1 Å². The number of rotatable bonds is 7. The number of methoxy groups -OCH3 is 1. The van der Waals surface area contributed by atoms with Crippen LogP contribution in [0.25, 0.3) is 5.69 Å². The van der Waals surface area contributed by atoms with Crippen LogP contribution in [-0.2, 0) is 6.42 Å². The number of aromatic nitrogens is 2. The molecule has 0 saturated heterocycles. The maximum Gasteiger partial charge on any atom is 0.255 e. The van der Waals surface area contributed by atoms with E-state index < -0.39 is 0 Å². The second kappa shape index (κ2) is 9.06. The standard InChI is InChI=1S/C22H24BrN3O2/c1-15-21(16(2)26(25-15)19-10-8-18(23)9-11-19)22(27)24-14-4-5-17-6-12-20(28-3)13-7-17/h6-13H,4-5,14H2,1-3H3,(H,24,27). The van der Waals surface area contributed by atoms with Crippen LogP contribution in [0.15, 0.2) is 53.0 Å². The zero-order valence-corrected chi connectivity index (χ0v) is 17.9. The van der Waals surface area contributed by atoms with Gasteiger partial charge in [0.05, 0.1) is 29.7 Å². The number of hydrogen-bond donors (Lipinski definition) is 1. The molecule has 0 spiro atoms. The van der Waals surface area contributed by atoms with Gasteiger partial charge in [0.1, 0.15) is 5.75 Å². The summed E-state index contributed by atoms with van der Waals surface area (Å²) in [5, 5.41) is 7.57. The first kappa shape index (κ1) is 20.1. The van der Waals surface area contributed by atoms with Gasteiger partial charge in [-0.05, 0) is 68.7 Å². The lowest BCUT2D eigenvalue weighted by molar-refractivity contribution is 0.0952. The number of ether oxygens (including phenoxy) is 1. The third-order valence-corrected chi connectivity index (χ3v) is 5.21. The van der Waals surface area contributed by atoms with Crippen molar-refractivity contribution in [1.29, 1.82) is 0 Å². The van der Waals surface area contributed by atoms with Crippen LogP contribution in [0.4, 0.5) is 0 Å². The molecular formula is C22H24BrN3O2. The number of benzene rings is 2. The minimum Gasteiger partial charge on any atom is -0.497 e. The smallest absolute Gasteiger partial charge is 0.255 e. The van der Waals surface area contributed by atoms with Gasteiger partial charge in [0, 0.05) is 11.0 Å². The molecule has 146 valence electrons. The Kier molecular flexibility index (Phi) is 6.52. The summed E-state index contributed by atoms with van der Waals surface area (Å²) in [4.78, 5) is 12.7. The van der Waals surface area contributed by atoms with Crippen molar-refractivity contribution >= 4 is 21.8 Å². The number of nitrogens with zero attached hydrogens (tertiary/aromatic N) is 2. The Hall–Kier alpha value is -2.60. The molecule has 0 radical (unpaired) electrons. The summed E-state index contributed by atoms with van der Waals surface area (Å²) < 4.78 is 7.99. The van der Waals surface area contributed by atoms with Crippen molar-refractivity contribution in [1.82, 2.24) is 15.1 Å². The maximum absolute atomic E-state index is 12.7. The van der Waals surface area contributed by atoms with Crippen LogP contribution >= 0.6 is 15.9 Å². The molecule has 0 unspecified atom stereocenters.